The molecule has 1 fully saturated rings. The summed E-state index contributed by atoms with van der Waals surface area (Å²) < 4.78 is 15.5. The van der Waals surface area contributed by atoms with Gasteiger partial charge in [-0.2, -0.15) is 5.10 Å². The van der Waals surface area contributed by atoms with Crippen molar-refractivity contribution in [1.29, 1.82) is 0 Å². The molecule has 0 amide bonds. The topological polar surface area (TPSA) is 55.1 Å². The number of aliphatic carboxylic acids is 1. The molecular weight excluding hydrogens is 351 g/mol. The van der Waals surface area contributed by atoms with Crippen LogP contribution in [0, 0.1) is 11.7 Å². The Morgan fingerprint density at radius 1 is 1.27 bits per heavy atom. The standard InChI is InChI=1S/C16H16BrFN2O2/c17-14-9-20(11-7-5-10(18)6-8-11)19-15(14)12-3-1-2-4-13(12)16(21)22/h5-9,12-13H,1-4H2,(H,21,22). The number of benzene rings is 1. The van der Waals surface area contributed by atoms with Gasteiger partial charge < -0.3 is 5.11 Å². The van der Waals surface area contributed by atoms with Gasteiger partial charge in [0.25, 0.3) is 0 Å². The number of carbonyl (C=O) groups is 1. The fourth-order valence-corrected chi connectivity index (χ4v) is 3.66. The van der Waals surface area contributed by atoms with Crippen LogP contribution in [0.2, 0.25) is 0 Å². The summed E-state index contributed by atoms with van der Waals surface area (Å²) in [6.45, 7) is 0. The highest BCUT2D eigenvalue weighted by Gasteiger charge is 2.34. The quantitative estimate of drug-likeness (QED) is 0.888. The zero-order valence-electron chi connectivity index (χ0n) is 11.9. The van der Waals surface area contributed by atoms with Gasteiger partial charge in [0.15, 0.2) is 0 Å². The van der Waals surface area contributed by atoms with Gasteiger partial charge in [0, 0.05) is 12.1 Å². The zero-order valence-corrected chi connectivity index (χ0v) is 13.5. The van der Waals surface area contributed by atoms with E-state index < -0.39 is 5.97 Å². The summed E-state index contributed by atoms with van der Waals surface area (Å²) in [6, 6.07) is 6.05. The highest BCUT2D eigenvalue weighted by atomic mass is 79.9. The Morgan fingerprint density at radius 3 is 2.64 bits per heavy atom. The first-order valence-corrected chi connectivity index (χ1v) is 8.09. The lowest BCUT2D eigenvalue weighted by atomic mass is 9.77. The number of hydrogen-bond donors (Lipinski definition) is 1. The summed E-state index contributed by atoms with van der Waals surface area (Å²) in [5.74, 6) is -1.52. The Balaban J connectivity index is 1.94. The van der Waals surface area contributed by atoms with Gasteiger partial charge in [0.2, 0.25) is 0 Å². The maximum Gasteiger partial charge on any atom is 0.307 e. The van der Waals surface area contributed by atoms with Gasteiger partial charge >= 0.3 is 5.97 Å². The molecule has 6 heteroatoms. The predicted molar refractivity (Wildman–Crippen MR) is 83.6 cm³/mol. The summed E-state index contributed by atoms with van der Waals surface area (Å²) in [7, 11) is 0. The van der Waals surface area contributed by atoms with Crippen LogP contribution in [-0.2, 0) is 4.79 Å². The lowest BCUT2D eigenvalue weighted by molar-refractivity contribution is -0.143. The molecule has 22 heavy (non-hydrogen) atoms. The molecule has 2 atom stereocenters. The molecule has 2 aromatic rings. The number of rotatable bonds is 3. The van der Waals surface area contributed by atoms with Crippen molar-refractivity contribution in [3.05, 3.63) is 46.4 Å². The molecule has 116 valence electrons. The van der Waals surface area contributed by atoms with Crippen LogP contribution in [0.1, 0.15) is 37.3 Å². The van der Waals surface area contributed by atoms with Crippen molar-refractivity contribution in [1.82, 2.24) is 9.78 Å². The summed E-state index contributed by atoms with van der Waals surface area (Å²) in [6.07, 6.45) is 5.29. The second-order valence-corrected chi connectivity index (χ2v) is 6.47. The number of nitrogens with zero attached hydrogens (tertiary/aromatic N) is 2. The third-order valence-electron chi connectivity index (χ3n) is 4.22. The fraction of sp³-hybridized carbons (Fsp3) is 0.375. The van der Waals surface area contributed by atoms with Crippen molar-refractivity contribution in [3.8, 4) is 5.69 Å². The third kappa shape index (κ3) is 2.92. The van der Waals surface area contributed by atoms with Crippen LogP contribution in [0.15, 0.2) is 34.9 Å². The minimum atomic E-state index is -0.757. The van der Waals surface area contributed by atoms with Crippen molar-refractivity contribution in [2.24, 2.45) is 5.92 Å². The van der Waals surface area contributed by atoms with Gasteiger partial charge in [-0.05, 0) is 53.0 Å². The van der Waals surface area contributed by atoms with Crippen LogP contribution in [0.4, 0.5) is 4.39 Å². The second-order valence-electron chi connectivity index (χ2n) is 5.62. The van der Waals surface area contributed by atoms with Crippen LogP contribution in [0.5, 0.6) is 0 Å². The van der Waals surface area contributed by atoms with Gasteiger partial charge in [-0.15, -0.1) is 0 Å². The molecule has 1 aliphatic rings. The summed E-state index contributed by atoms with van der Waals surface area (Å²) in [4.78, 5) is 11.5. The Bertz CT molecular complexity index is 684. The molecule has 0 saturated heterocycles. The van der Waals surface area contributed by atoms with Crippen LogP contribution < -0.4 is 0 Å². The largest absolute Gasteiger partial charge is 0.481 e. The molecule has 1 aliphatic carbocycles. The fourth-order valence-electron chi connectivity index (χ4n) is 3.10. The molecular formula is C16H16BrFN2O2. The van der Waals surface area contributed by atoms with E-state index in [0.29, 0.717) is 6.42 Å². The van der Waals surface area contributed by atoms with E-state index >= 15 is 0 Å². The molecule has 0 aliphatic heterocycles. The van der Waals surface area contributed by atoms with Gasteiger partial charge in [0.1, 0.15) is 5.82 Å². The number of carboxylic acid groups (broad SMARTS) is 1. The van der Waals surface area contributed by atoms with Crippen molar-refractivity contribution >= 4 is 21.9 Å². The predicted octanol–water partition coefficient (Wildman–Crippen LogP) is 4.13. The van der Waals surface area contributed by atoms with E-state index in [4.69, 9.17) is 0 Å². The number of aromatic nitrogens is 2. The molecule has 0 spiro atoms. The molecule has 1 saturated carbocycles. The Labute approximate surface area is 136 Å². The molecule has 1 heterocycles. The molecule has 1 N–H and O–H groups in total. The maximum atomic E-state index is 13.0. The third-order valence-corrected chi connectivity index (χ3v) is 4.83. The molecule has 1 aromatic heterocycles. The van der Waals surface area contributed by atoms with E-state index in [0.717, 1.165) is 35.1 Å². The smallest absolute Gasteiger partial charge is 0.307 e. The van der Waals surface area contributed by atoms with Crippen molar-refractivity contribution in [2.45, 2.75) is 31.6 Å². The molecule has 2 unspecified atom stereocenters. The highest BCUT2D eigenvalue weighted by Crippen LogP contribution is 2.40. The van der Waals surface area contributed by atoms with Crippen LogP contribution in [-0.4, -0.2) is 20.9 Å². The van der Waals surface area contributed by atoms with Crippen molar-refractivity contribution in [2.75, 3.05) is 0 Å². The number of halogens is 2. The van der Waals surface area contributed by atoms with Crippen molar-refractivity contribution < 1.29 is 14.3 Å². The van der Waals surface area contributed by atoms with E-state index in [1.165, 1.54) is 12.1 Å². The number of hydrogen-bond acceptors (Lipinski definition) is 2. The SMILES string of the molecule is O=C(O)C1CCCCC1c1nn(-c2ccc(F)cc2)cc1Br. The first kappa shape index (κ1) is 15.2. The van der Waals surface area contributed by atoms with Gasteiger partial charge in [0.05, 0.1) is 21.8 Å². The van der Waals surface area contributed by atoms with E-state index in [9.17, 15) is 14.3 Å². The van der Waals surface area contributed by atoms with E-state index in [-0.39, 0.29) is 17.7 Å². The zero-order chi connectivity index (χ0) is 15.7. The second kappa shape index (κ2) is 6.20. The molecule has 0 bridgehead atoms. The normalized spacial score (nSPS) is 21.7. The summed E-state index contributed by atoms with van der Waals surface area (Å²) in [5, 5.41) is 14.0. The average Bonchev–Trinajstić information content (AvgIpc) is 2.89. The molecule has 3 rings (SSSR count). The first-order chi connectivity index (χ1) is 10.6. The monoisotopic (exact) mass is 366 g/mol. The minimum Gasteiger partial charge on any atom is -0.481 e. The molecule has 1 aromatic carbocycles. The van der Waals surface area contributed by atoms with Gasteiger partial charge in [-0.25, -0.2) is 9.07 Å². The Hall–Kier alpha value is -1.69. The average molecular weight is 367 g/mol. The van der Waals surface area contributed by atoms with Crippen LogP contribution >= 0.6 is 15.9 Å². The lowest BCUT2D eigenvalue weighted by Crippen LogP contribution is -2.26. The lowest BCUT2D eigenvalue weighted by Gasteiger charge is -2.27. The highest BCUT2D eigenvalue weighted by molar-refractivity contribution is 9.10. The summed E-state index contributed by atoms with van der Waals surface area (Å²) >= 11 is 3.49. The minimum absolute atomic E-state index is 0.0812. The van der Waals surface area contributed by atoms with Gasteiger partial charge in [-0.3, -0.25) is 4.79 Å². The van der Waals surface area contributed by atoms with Crippen LogP contribution in [0.3, 0.4) is 0 Å². The maximum absolute atomic E-state index is 13.0. The molecule has 4 nitrogen and oxygen atoms in total. The van der Waals surface area contributed by atoms with Crippen molar-refractivity contribution in [3.63, 3.8) is 0 Å². The Kier molecular flexibility index (Phi) is 4.29. The van der Waals surface area contributed by atoms with Crippen LogP contribution in [0.25, 0.3) is 5.69 Å². The van der Waals surface area contributed by atoms with Gasteiger partial charge in [-0.1, -0.05) is 12.8 Å². The Morgan fingerprint density at radius 2 is 1.95 bits per heavy atom. The van der Waals surface area contributed by atoms with E-state index in [1.807, 2.05) is 0 Å². The van der Waals surface area contributed by atoms with E-state index in [1.54, 1.807) is 23.0 Å². The first-order valence-electron chi connectivity index (χ1n) is 7.30. The summed E-state index contributed by atoms with van der Waals surface area (Å²) in [5.41, 5.74) is 1.52. The number of carboxylic acids is 1. The molecule has 0 radical (unpaired) electrons. The van der Waals surface area contributed by atoms with E-state index in [2.05, 4.69) is 21.0 Å².